The first kappa shape index (κ1) is 23.9. The van der Waals surface area contributed by atoms with Crippen molar-refractivity contribution >= 4 is 17.5 Å². The van der Waals surface area contributed by atoms with Crippen LogP contribution >= 0.6 is 0 Å². The zero-order chi connectivity index (χ0) is 25.9. The van der Waals surface area contributed by atoms with Gasteiger partial charge in [-0.15, -0.1) is 0 Å². The van der Waals surface area contributed by atoms with Gasteiger partial charge in [0.25, 0.3) is 11.8 Å². The summed E-state index contributed by atoms with van der Waals surface area (Å²) in [6.07, 6.45) is 2.77. The molecule has 3 aliphatic rings. The van der Waals surface area contributed by atoms with E-state index in [9.17, 15) is 32.7 Å². The molecule has 0 saturated carbocycles. The average Bonchev–Trinajstić information content (AvgIpc) is 3.14. The Labute approximate surface area is 203 Å². The number of carbonyl (C=O) groups excluding carboxylic acids is 2. The largest absolute Gasteiger partial charge is 0.503 e. The number of hydrogen-bond donors (Lipinski definition) is 2. The van der Waals surface area contributed by atoms with E-state index in [2.05, 4.69) is 10.5 Å². The van der Waals surface area contributed by atoms with Gasteiger partial charge in [0.15, 0.2) is 17.0 Å². The minimum atomic E-state index is -1.20. The van der Waals surface area contributed by atoms with Crippen molar-refractivity contribution in [2.45, 2.75) is 57.3 Å². The lowest BCUT2D eigenvalue weighted by molar-refractivity contribution is -0.0655. The van der Waals surface area contributed by atoms with Crippen LogP contribution in [0, 0.1) is 17.5 Å². The molecular formula is C24H23F3N4O5. The Morgan fingerprint density at radius 3 is 2.61 bits per heavy atom. The number of amides is 2. The van der Waals surface area contributed by atoms with E-state index in [1.54, 1.807) is 4.90 Å². The Hall–Kier alpha value is -3.83. The van der Waals surface area contributed by atoms with E-state index in [0.717, 1.165) is 5.71 Å². The zero-order valence-corrected chi connectivity index (χ0v) is 19.5. The molecule has 12 heteroatoms. The Morgan fingerprint density at radius 2 is 1.97 bits per heavy atom. The van der Waals surface area contributed by atoms with Crippen LogP contribution in [0.25, 0.3) is 0 Å². The summed E-state index contributed by atoms with van der Waals surface area (Å²) in [5, 5.41) is 17.1. The second-order valence-electron chi connectivity index (χ2n) is 9.53. The normalized spacial score (nSPS) is 24.8. The monoisotopic (exact) mass is 504 g/mol. The predicted octanol–water partition coefficient (Wildman–Crippen LogP) is 2.62. The molecule has 2 aromatic rings. The van der Waals surface area contributed by atoms with Crippen LogP contribution in [0.5, 0.6) is 5.75 Å². The van der Waals surface area contributed by atoms with Gasteiger partial charge in [-0.1, -0.05) is 5.16 Å². The van der Waals surface area contributed by atoms with E-state index < -0.39 is 69.8 Å². The molecule has 9 nitrogen and oxygen atoms in total. The van der Waals surface area contributed by atoms with Gasteiger partial charge in [0.05, 0.1) is 11.8 Å². The average molecular weight is 504 g/mol. The first-order valence-electron chi connectivity index (χ1n) is 11.4. The Balaban J connectivity index is 1.55. The maximum atomic E-state index is 14.0. The smallest absolute Gasteiger partial charge is 0.274 e. The summed E-state index contributed by atoms with van der Waals surface area (Å²) in [6.45, 7) is 3.22. The Morgan fingerprint density at radius 1 is 1.28 bits per heavy atom. The summed E-state index contributed by atoms with van der Waals surface area (Å²) in [7, 11) is 0. The fourth-order valence-electron chi connectivity index (χ4n) is 5.29. The summed E-state index contributed by atoms with van der Waals surface area (Å²) in [6, 6.07) is 0.191. The molecule has 0 aliphatic carbocycles. The summed E-state index contributed by atoms with van der Waals surface area (Å²) < 4.78 is 42.5. The number of pyridine rings is 1. The summed E-state index contributed by atoms with van der Waals surface area (Å²) in [5.74, 6) is -6.00. The fraction of sp³-hybridized carbons (Fsp3) is 0.417. The standard InChI is InChI=1S/C24H23F3N4O5/c1-11-7-24(36-29-11)4-3-12(2)30-10-18(24)31-9-15(20(32)21(33)19(31)23(30)35)22(34)28-8-14-16(26)5-13(25)6-17(14)27/h5-6,9,12,18,33H,3-4,7-8,10H2,1-2H3,(H,28,34)/t12-,18+,24+/m0/s1. The fourth-order valence-corrected chi connectivity index (χ4v) is 5.29. The highest BCUT2D eigenvalue weighted by atomic mass is 19.1. The van der Waals surface area contributed by atoms with Crippen molar-refractivity contribution in [2.24, 2.45) is 5.16 Å². The van der Waals surface area contributed by atoms with Gasteiger partial charge in [0.2, 0.25) is 5.43 Å². The van der Waals surface area contributed by atoms with E-state index in [0.29, 0.717) is 31.4 Å². The number of carbonyl (C=O) groups is 2. The van der Waals surface area contributed by atoms with Gasteiger partial charge < -0.3 is 24.7 Å². The van der Waals surface area contributed by atoms with Crippen LogP contribution in [0.3, 0.4) is 0 Å². The maximum Gasteiger partial charge on any atom is 0.274 e. The molecule has 5 rings (SSSR count). The van der Waals surface area contributed by atoms with Crippen LogP contribution in [0.4, 0.5) is 13.2 Å². The third-order valence-corrected chi connectivity index (χ3v) is 7.22. The van der Waals surface area contributed by atoms with E-state index >= 15 is 0 Å². The van der Waals surface area contributed by atoms with Crippen molar-refractivity contribution < 1.29 is 32.7 Å². The van der Waals surface area contributed by atoms with E-state index in [1.807, 2.05) is 13.8 Å². The molecule has 0 radical (unpaired) electrons. The lowest BCUT2D eigenvalue weighted by Gasteiger charge is -2.41. The number of benzene rings is 1. The quantitative estimate of drug-likeness (QED) is 0.667. The second kappa shape index (κ2) is 8.38. The van der Waals surface area contributed by atoms with Gasteiger partial charge in [0, 0.05) is 49.4 Å². The minimum absolute atomic E-state index is 0.185. The van der Waals surface area contributed by atoms with Crippen molar-refractivity contribution in [2.75, 3.05) is 6.54 Å². The van der Waals surface area contributed by atoms with Crippen LogP contribution in [0.1, 0.15) is 65.6 Å². The van der Waals surface area contributed by atoms with Crippen molar-refractivity contribution in [1.29, 1.82) is 0 Å². The predicted molar refractivity (Wildman–Crippen MR) is 120 cm³/mol. The number of hydrogen-bond acceptors (Lipinski definition) is 6. The zero-order valence-electron chi connectivity index (χ0n) is 19.5. The highest BCUT2D eigenvalue weighted by Gasteiger charge is 2.53. The molecule has 3 aliphatic heterocycles. The van der Waals surface area contributed by atoms with Crippen LogP contribution in [-0.2, 0) is 11.4 Å². The molecular weight excluding hydrogens is 481 g/mol. The highest BCUT2D eigenvalue weighted by molar-refractivity contribution is 5.99. The van der Waals surface area contributed by atoms with Gasteiger partial charge in [-0.25, -0.2) is 13.2 Å². The summed E-state index contributed by atoms with van der Waals surface area (Å²) >= 11 is 0. The SMILES string of the molecule is CC1=NO[C@]2(CC[C@H](C)N3C[C@H]2n2cc(C(=O)NCc4c(F)cc(F)cc4F)c(=O)c(O)c2C3=O)C1. The second-order valence-corrected chi connectivity index (χ2v) is 9.53. The molecule has 1 aromatic heterocycles. The van der Waals surface area contributed by atoms with Crippen LogP contribution < -0.4 is 10.7 Å². The molecule has 1 saturated heterocycles. The molecule has 36 heavy (non-hydrogen) atoms. The van der Waals surface area contributed by atoms with Crippen LogP contribution in [-0.4, -0.2) is 50.3 Å². The van der Waals surface area contributed by atoms with Crippen LogP contribution in [0.2, 0.25) is 0 Å². The van der Waals surface area contributed by atoms with Gasteiger partial charge >= 0.3 is 0 Å². The topological polar surface area (TPSA) is 113 Å². The number of fused-ring (bicyclic) bond motifs is 5. The lowest BCUT2D eigenvalue weighted by Crippen LogP contribution is -2.52. The maximum absolute atomic E-state index is 14.0. The number of oxime groups is 1. The van der Waals surface area contributed by atoms with Crippen molar-refractivity contribution in [3.8, 4) is 5.75 Å². The van der Waals surface area contributed by atoms with E-state index in [4.69, 9.17) is 4.84 Å². The molecule has 1 aromatic carbocycles. The number of aromatic hydroxyl groups is 1. The molecule has 1 spiro atoms. The van der Waals surface area contributed by atoms with Crippen molar-refractivity contribution in [3.63, 3.8) is 0 Å². The van der Waals surface area contributed by atoms with Gasteiger partial charge in [-0.05, 0) is 26.7 Å². The Kier molecular flexibility index (Phi) is 5.56. The summed E-state index contributed by atoms with van der Waals surface area (Å²) in [5.41, 5.74) is -2.58. The molecule has 0 unspecified atom stereocenters. The van der Waals surface area contributed by atoms with Crippen LogP contribution in [0.15, 0.2) is 28.3 Å². The van der Waals surface area contributed by atoms with Crippen molar-refractivity contribution in [1.82, 2.24) is 14.8 Å². The molecule has 2 amide bonds. The highest BCUT2D eigenvalue weighted by Crippen LogP contribution is 2.46. The number of rotatable bonds is 3. The molecule has 2 N–H and O–H groups in total. The van der Waals surface area contributed by atoms with E-state index in [-0.39, 0.29) is 18.3 Å². The third-order valence-electron chi connectivity index (χ3n) is 7.22. The Bertz CT molecular complexity index is 1370. The third kappa shape index (κ3) is 3.62. The molecule has 2 bridgehead atoms. The molecule has 4 heterocycles. The molecule has 190 valence electrons. The first-order valence-corrected chi connectivity index (χ1v) is 11.4. The number of halogens is 3. The van der Waals surface area contributed by atoms with Crippen molar-refractivity contribution in [3.05, 3.63) is 62.8 Å². The van der Waals surface area contributed by atoms with Gasteiger partial charge in [-0.2, -0.15) is 0 Å². The van der Waals surface area contributed by atoms with Gasteiger partial charge in [-0.3, -0.25) is 14.4 Å². The lowest BCUT2D eigenvalue weighted by atomic mass is 9.84. The first-order chi connectivity index (χ1) is 17.0. The number of aromatic nitrogens is 1. The number of nitrogens with one attached hydrogen (secondary N) is 1. The molecule has 1 fully saturated rings. The minimum Gasteiger partial charge on any atom is -0.503 e. The van der Waals surface area contributed by atoms with Gasteiger partial charge in [0.1, 0.15) is 23.0 Å². The molecule has 3 atom stereocenters. The summed E-state index contributed by atoms with van der Waals surface area (Å²) in [4.78, 5) is 46.5. The number of nitrogens with zero attached hydrogens (tertiary/aromatic N) is 3. The van der Waals surface area contributed by atoms with E-state index in [1.165, 1.54) is 10.8 Å².